The second kappa shape index (κ2) is 8.85. The Bertz CT molecular complexity index is 1320. The highest BCUT2D eigenvalue weighted by Gasteiger charge is 2.33. The molecule has 4 rings (SSSR count). The first-order valence-corrected chi connectivity index (χ1v) is 13.3. The monoisotopic (exact) mass is 592 g/mol. The van der Waals surface area contributed by atoms with Crippen molar-refractivity contribution in [3.63, 3.8) is 0 Å². The third kappa shape index (κ3) is 5.31. The number of fused-ring (bicyclic) bond motifs is 1. The van der Waals surface area contributed by atoms with E-state index in [-0.39, 0.29) is 16.6 Å². The molecule has 0 bridgehead atoms. The Morgan fingerprint density at radius 3 is 2.52 bits per heavy atom. The Hall–Kier alpha value is -2.22. The average molecular weight is 592 g/mol. The van der Waals surface area contributed by atoms with E-state index in [1.165, 1.54) is 12.1 Å². The summed E-state index contributed by atoms with van der Waals surface area (Å²) in [5.74, 6) is -0.946. The SMILES string of the molecule is CS(=O)(=O)c1cc2nn(C3CCC(I)CC3)cc2cc1NC(=O)c1cccc(C(F)(F)F)n1. The molecular formula is C21H20F3IN4O3S. The van der Waals surface area contributed by atoms with E-state index >= 15 is 0 Å². The molecule has 33 heavy (non-hydrogen) atoms. The van der Waals surface area contributed by atoms with Crippen LogP contribution < -0.4 is 5.32 Å². The highest BCUT2D eigenvalue weighted by Crippen LogP contribution is 2.34. The molecule has 0 spiro atoms. The second-order valence-corrected chi connectivity index (χ2v) is 11.8. The number of alkyl halides is 4. The summed E-state index contributed by atoms with van der Waals surface area (Å²) in [5, 5.41) is 7.58. The minimum atomic E-state index is -4.71. The lowest BCUT2D eigenvalue weighted by molar-refractivity contribution is -0.141. The topological polar surface area (TPSA) is 94.0 Å². The van der Waals surface area contributed by atoms with Gasteiger partial charge in [-0.3, -0.25) is 9.48 Å². The zero-order valence-electron chi connectivity index (χ0n) is 17.4. The highest BCUT2D eigenvalue weighted by atomic mass is 127. The number of nitrogens with one attached hydrogen (secondary N) is 1. The molecule has 12 heteroatoms. The van der Waals surface area contributed by atoms with Gasteiger partial charge in [0, 0.05) is 21.8 Å². The van der Waals surface area contributed by atoms with E-state index in [0.717, 1.165) is 50.1 Å². The molecule has 0 aliphatic heterocycles. The van der Waals surface area contributed by atoms with Crippen molar-refractivity contribution in [2.24, 2.45) is 0 Å². The minimum Gasteiger partial charge on any atom is -0.319 e. The first kappa shape index (κ1) is 23.9. The Kier molecular flexibility index (Phi) is 6.42. The zero-order chi connectivity index (χ0) is 24.0. The van der Waals surface area contributed by atoms with Crippen molar-refractivity contribution >= 4 is 54.9 Å². The van der Waals surface area contributed by atoms with Gasteiger partial charge in [0.2, 0.25) is 0 Å². The molecule has 0 atom stereocenters. The van der Waals surface area contributed by atoms with Gasteiger partial charge >= 0.3 is 6.18 Å². The first-order chi connectivity index (χ1) is 15.4. The quantitative estimate of drug-likeness (QED) is 0.339. The fraction of sp³-hybridized carbons (Fsp3) is 0.381. The van der Waals surface area contributed by atoms with Crippen LogP contribution >= 0.6 is 22.6 Å². The number of carbonyl (C=O) groups is 1. The number of nitrogens with zero attached hydrogens (tertiary/aromatic N) is 3. The Morgan fingerprint density at radius 1 is 1.18 bits per heavy atom. The lowest BCUT2D eigenvalue weighted by Gasteiger charge is -2.25. The first-order valence-electron chi connectivity index (χ1n) is 10.1. The van der Waals surface area contributed by atoms with Crippen molar-refractivity contribution in [2.75, 3.05) is 11.6 Å². The predicted octanol–water partition coefficient (Wildman–Crippen LogP) is 5.02. The fourth-order valence-electron chi connectivity index (χ4n) is 3.87. The van der Waals surface area contributed by atoms with Gasteiger partial charge in [-0.05, 0) is 49.9 Å². The van der Waals surface area contributed by atoms with Gasteiger partial charge in [-0.25, -0.2) is 13.4 Å². The maximum atomic E-state index is 12.9. The molecule has 7 nitrogen and oxygen atoms in total. The van der Waals surface area contributed by atoms with Crippen molar-refractivity contribution in [2.45, 2.75) is 46.7 Å². The number of rotatable bonds is 4. The van der Waals surface area contributed by atoms with Crippen LogP contribution in [0.25, 0.3) is 10.9 Å². The molecular weight excluding hydrogens is 572 g/mol. The molecule has 0 saturated heterocycles. The molecule has 1 aromatic carbocycles. The number of halogens is 4. The van der Waals surface area contributed by atoms with E-state index in [0.29, 0.717) is 14.8 Å². The van der Waals surface area contributed by atoms with Crippen LogP contribution in [0.15, 0.2) is 41.4 Å². The molecule has 1 aliphatic rings. The number of pyridine rings is 1. The molecule has 0 unspecified atom stereocenters. The van der Waals surface area contributed by atoms with Gasteiger partial charge in [0.1, 0.15) is 11.4 Å². The maximum Gasteiger partial charge on any atom is 0.433 e. The number of anilines is 1. The van der Waals surface area contributed by atoms with Gasteiger partial charge in [0.15, 0.2) is 9.84 Å². The van der Waals surface area contributed by atoms with Gasteiger partial charge in [-0.1, -0.05) is 28.7 Å². The largest absolute Gasteiger partial charge is 0.433 e. The molecule has 1 N–H and O–H groups in total. The van der Waals surface area contributed by atoms with Crippen LogP contribution in [-0.4, -0.2) is 39.3 Å². The van der Waals surface area contributed by atoms with Gasteiger partial charge in [0.05, 0.1) is 22.1 Å². The number of hydrogen-bond donors (Lipinski definition) is 1. The number of benzene rings is 1. The van der Waals surface area contributed by atoms with Gasteiger partial charge in [0.25, 0.3) is 5.91 Å². The molecule has 1 aliphatic carbocycles. The Labute approximate surface area is 201 Å². The van der Waals surface area contributed by atoms with Crippen molar-refractivity contribution in [3.05, 3.63) is 47.9 Å². The van der Waals surface area contributed by atoms with E-state index in [9.17, 15) is 26.4 Å². The third-order valence-electron chi connectivity index (χ3n) is 5.54. The van der Waals surface area contributed by atoms with E-state index in [1.807, 2.05) is 4.68 Å². The van der Waals surface area contributed by atoms with Crippen LogP contribution in [0.5, 0.6) is 0 Å². The molecule has 1 amide bonds. The third-order valence-corrected chi connectivity index (χ3v) is 7.93. The summed E-state index contributed by atoms with van der Waals surface area (Å²) in [6, 6.07) is 6.01. The number of sulfone groups is 1. The molecule has 0 radical (unpaired) electrons. The second-order valence-electron chi connectivity index (χ2n) is 8.05. The fourth-order valence-corrected chi connectivity index (χ4v) is 5.42. The van der Waals surface area contributed by atoms with Crippen LogP contribution in [0, 0.1) is 0 Å². The summed E-state index contributed by atoms with van der Waals surface area (Å²) in [5.41, 5.74) is -1.26. The normalized spacial score (nSPS) is 19.5. The van der Waals surface area contributed by atoms with E-state index in [1.54, 1.807) is 6.20 Å². The smallest absolute Gasteiger partial charge is 0.319 e. The summed E-state index contributed by atoms with van der Waals surface area (Å²) < 4.78 is 66.1. The van der Waals surface area contributed by atoms with Crippen molar-refractivity contribution in [1.29, 1.82) is 0 Å². The molecule has 2 aromatic heterocycles. The average Bonchev–Trinajstić information content (AvgIpc) is 3.15. The van der Waals surface area contributed by atoms with Crippen LogP contribution in [0.2, 0.25) is 0 Å². The number of carbonyl (C=O) groups excluding carboxylic acids is 1. The van der Waals surface area contributed by atoms with Crippen LogP contribution in [-0.2, 0) is 16.0 Å². The minimum absolute atomic E-state index is 0.0373. The standard InChI is InChI=1S/C21H20F3IN4O3S/c1-33(31,32)18-10-16-12(11-29(28-16)14-7-5-13(25)6-8-14)9-17(18)27-20(30)15-3-2-4-19(26-15)21(22,23)24/h2-4,9-11,13-14H,5-8H2,1H3,(H,27,30). The Balaban J connectivity index is 1.69. The van der Waals surface area contributed by atoms with Gasteiger partial charge < -0.3 is 5.32 Å². The number of hydrogen-bond acceptors (Lipinski definition) is 5. The lowest BCUT2D eigenvalue weighted by atomic mass is 9.96. The number of aromatic nitrogens is 3. The van der Waals surface area contributed by atoms with E-state index < -0.39 is 33.3 Å². The molecule has 3 aromatic rings. The summed E-state index contributed by atoms with van der Waals surface area (Å²) >= 11 is 2.44. The van der Waals surface area contributed by atoms with Crippen molar-refractivity contribution < 1.29 is 26.4 Å². The highest BCUT2D eigenvalue weighted by molar-refractivity contribution is 14.1. The lowest BCUT2D eigenvalue weighted by Crippen LogP contribution is -2.18. The molecule has 1 saturated carbocycles. The predicted molar refractivity (Wildman–Crippen MR) is 125 cm³/mol. The summed E-state index contributed by atoms with van der Waals surface area (Å²) in [6.45, 7) is 0. The number of amides is 1. The van der Waals surface area contributed by atoms with Crippen molar-refractivity contribution in [1.82, 2.24) is 14.8 Å². The van der Waals surface area contributed by atoms with E-state index in [2.05, 4.69) is 38.0 Å². The summed E-state index contributed by atoms with van der Waals surface area (Å²) in [4.78, 5) is 15.8. The molecule has 2 heterocycles. The van der Waals surface area contributed by atoms with Crippen LogP contribution in [0.4, 0.5) is 18.9 Å². The molecule has 1 fully saturated rings. The maximum absolute atomic E-state index is 12.9. The van der Waals surface area contributed by atoms with Crippen molar-refractivity contribution in [3.8, 4) is 0 Å². The van der Waals surface area contributed by atoms with Crippen LogP contribution in [0.1, 0.15) is 47.9 Å². The van der Waals surface area contributed by atoms with Crippen LogP contribution in [0.3, 0.4) is 0 Å². The van der Waals surface area contributed by atoms with Gasteiger partial charge in [-0.15, -0.1) is 0 Å². The Morgan fingerprint density at radius 2 is 1.88 bits per heavy atom. The van der Waals surface area contributed by atoms with Gasteiger partial charge in [-0.2, -0.15) is 18.3 Å². The van der Waals surface area contributed by atoms with E-state index in [4.69, 9.17) is 0 Å². The zero-order valence-corrected chi connectivity index (χ0v) is 20.4. The summed E-state index contributed by atoms with van der Waals surface area (Å²) in [6.07, 6.45) is 2.15. The molecule has 176 valence electrons. The summed E-state index contributed by atoms with van der Waals surface area (Å²) in [7, 11) is -3.77.